The van der Waals surface area contributed by atoms with E-state index in [0.717, 1.165) is 28.8 Å². The van der Waals surface area contributed by atoms with Crippen LogP contribution in [0.1, 0.15) is 24.8 Å². The number of nitrogens with zero attached hydrogens (tertiary/aromatic N) is 1. The van der Waals surface area contributed by atoms with E-state index in [9.17, 15) is 5.11 Å². The van der Waals surface area contributed by atoms with Crippen LogP contribution in [0.2, 0.25) is 0 Å². The Hall–Kier alpha value is -0.970. The summed E-state index contributed by atoms with van der Waals surface area (Å²) in [4.78, 5) is 0. The first-order valence-corrected chi connectivity index (χ1v) is 7.63. The van der Waals surface area contributed by atoms with Crippen molar-refractivity contribution >= 4 is 5.69 Å². The molecule has 5 heteroatoms. The molecule has 4 nitrogen and oxygen atoms in total. The van der Waals surface area contributed by atoms with E-state index in [1.807, 2.05) is 12.1 Å². The second kappa shape index (κ2) is 8.47. The molecular formula is C16H27ClN2O2. The van der Waals surface area contributed by atoms with Gasteiger partial charge < -0.3 is 32.4 Å². The lowest BCUT2D eigenvalue weighted by molar-refractivity contribution is -0.912. The van der Waals surface area contributed by atoms with E-state index in [2.05, 4.69) is 12.4 Å². The molecule has 21 heavy (non-hydrogen) atoms. The number of aromatic hydroxyl groups is 1. The molecule has 1 aliphatic heterocycles. The second-order valence-electron chi connectivity index (χ2n) is 6.09. The Morgan fingerprint density at radius 2 is 1.90 bits per heavy atom. The van der Waals surface area contributed by atoms with Crippen molar-refractivity contribution in [2.24, 2.45) is 0 Å². The average Bonchev–Trinajstić information content (AvgIpc) is 2.42. The maximum Gasteiger partial charge on any atom is 0.120 e. The van der Waals surface area contributed by atoms with Gasteiger partial charge in [-0.2, -0.15) is 0 Å². The van der Waals surface area contributed by atoms with E-state index >= 15 is 0 Å². The Bertz CT molecular complexity index is 434. The highest BCUT2D eigenvalue weighted by Crippen LogP contribution is 2.22. The highest BCUT2D eigenvalue weighted by Gasteiger charge is 2.23. The zero-order valence-corrected chi connectivity index (χ0v) is 13.6. The van der Waals surface area contributed by atoms with Gasteiger partial charge in [0.25, 0.3) is 0 Å². The molecule has 0 saturated carbocycles. The molecule has 1 fully saturated rings. The van der Waals surface area contributed by atoms with Crippen molar-refractivity contribution in [2.75, 3.05) is 45.2 Å². The molecule has 0 atom stereocenters. The Morgan fingerprint density at radius 1 is 1.19 bits per heavy atom. The van der Waals surface area contributed by atoms with Crippen LogP contribution in [-0.4, -0.2) is 54.5 Å². The third-order valence-corrected chi connectivity index (χ3v) is 4.34. The molecule has 1 saturated heterocycles. The molecule has 0 aliphatic carbocycles. The SMILES string of the molecule is C[N+]1(CCNc2ccc(CCO)c(O)c2)CCCCC1.[Cl-]. The predicted molar refractivity (Wildman–Crippen MR) is 82.0 cm³/mol. The van der Waals surface area contributed by atoms with E-state index in [4.69, 9.17) is 5.11 Å². The van der Waals surface area contributed by atoms with E-state index in [1.54, 1.807) is 6.07 Å². The second-order valence-corrected chi connectivity index (χ2v) is 6.09. The number of nitrogens with one attached hydrogen (secondary N) is 1. The number of aliphatic hydroxyl groups is 1. The smallest absolute Gasteiger partial charge is 0.120 e. The molecule has 1 aromatic rings. The molecule has 1 aliphatic rings. The predicted octanol–water partition coefficient (Wildman–Crippen LogP) is -1.03. The van der Waals surface area contributed by atoms with Crippen molar-refractivity contribution in [2.45, 2.75) is 25.7 Å². The number of phenols is 1. The van der Waals surface area contributed by atoms with E-state index in [1.165, 1.54) is 32.4 Å². The minimum atomic E-state index is 0. The lowest BCUT2D eigenvalue weighted by Crippen LogP contribution is -3.00. The molecule has 0 unspecified atom stereocenters. The molecule has 0 spiro atoms. The molecule has 3 N–H and O–H groups in total. The van der Waals surface area contributed by atoms with Crippen molar-refractivity contribution in [3.05, 3.63) is 23.8 Å². The number of hydrogen-bond acceptors (Lipinski definition) is 3. The van der Waals surface area contributed by atoms with Crippen LogP contribution in [0, 0.1) is 0 Å². The topological polar surface area (TPSA) is 52.5 Å². The largest absolute Gasteiger partial charge is 1.00 e. The van der Waals surface area contributed by atoms with Crippen LogP contribution < -0.4 is 17.7 Å². The molecule has 0 amide bonds. The molecule has 2 rings (SSSR count). The summed E-state index contributed by atoms with van der Waals surface area (Å²) in [6.45, 7) is 4.68. The molecular weight excluding hydrogens is 288 g/mol. The van der Waals surface area contributed by atoms with Gasteiger partial charge in [-0.3, -0.25) is 0 Å². The summed E-state index contributed by atoms with van der Waals surface area (Å²) in [5, 5.41) is 22.2. The maximum atomic E-state index is 9.87. The van der Waals surface area contributed by atoms with Gasteiger partial charge in [-0.05, 0) is 37.3 Å². The van der Waals surface area contributed by atoms with Gasteiger partial charge in [0.15, 0.2) is 0 Å². The summed E-state index contributed by atoms with van der Waals surface area (Å²) in [5.41, 5.74) is 1.75. The molecule has 0 bridgehead atoms. The third-order valence-electron chi connectivity index (χ3n) is 4.34. The fraction of sp³-hybridized carbons (Fsp3) is 0.625. The average molecular weight is 315 g/mol. The van der Waals surface area contributed by atoms with Crippen LogP contribution in [0.3, 0.4) is 0 Å². The zero-order chi connectivity index (χ0) is 14.4. The van der Waals surface area contributed by atoms with Crippen LogP contribution in [-0.2, 0) is 6.42 Å². The maximum absolute atomic E-state index is 9.87. The van der Waals surface area contributed by atoms with E-state index in [0.29, 0.717) is 6.42 Å². The number of quaternary nitrogens is 1. The number of piperidine rings is 1. The third kappa shape index (κ3) is 5.38. The van der Waals surface area contributed by atoms with Crippen molar-refractivity contribution in [3.8, 4) is 5.75 Å². The number of benzene rings is 1. The highest BCUT2D eigenvalue weighted by molar-refractivity contribution is 5.51. The van der Waals surface area contributed by atoms with Crippen molar-refractivity contribution in [1.82, 2.24) is 0 Å². The van der Waals surface area contributed by atoms with Crippen LogP contribution in [0.25, 0.3) is 0 Å². The number of rotatable bonds is 6. The first kappa shape index (κ1) is 18.1. The fourth-order valence-electron chi connectivity index (χ4n) is 2.98. The number of hydrogen-bond donors (Lipinski definition) is 3. The number of likely N-dealkylation sites (tertiary alicyclic amines) is 1. The standard InChI is InChI=1S/C16H26N2O2.ClH/c1-18(9-3-2-4-10-18)11-8-17-15-6-5-14(7-12-19)16(20)13-15;/h5-6,13,17,19H,2-4,7-12H2,1H3;1H. The van der Waals surface area contributed by atoms with Crippen molar-refractivity contribution in [3.63, 3.8) is 0 Å². The van der Waals surface area contributed by atoms with Gasteiger partial charge in [-0.25, -0.2) is 0 Å². The summed E-state index contributed by atoms with van der Waals surface area (Å²) < 4.78 is 1.15. The minimum absolute atomic E-state index is 0. The van der Waals surface area contributed by atoms with Crippen molar-refractivity contribution < 1.29 is 27.1 Å². The van der Waals surface area contributed by atoms with Crippen LogP contribution in [0.5, 0.6) is 5.75 Å². The summed E-state index contributed by atoms with van der Waals surface area (Å²) in [7, 11) is 2.34. The van der Waals surface area contributed by atoms with Gasteiger partial charge >= 0.3 is 0 Å². The normalized spacial score (nSPS) is 17.0. The number of phenolic OH excluding ortho intramolecular Hbond substituents is 1. The summed E-state index contributed by atoms with van der Waals surface area (Å²) in [6, 6.07) is 5.60. The number of aliphatic hydroxyl groups excluding tert-OH is 1. The van der Waals surface area contributed by atoms with Gasteiger partial charge in [0, 0.05) is 18.4 Å². The molecule has 0 aromatic heterocycles. The molecule has 0 radical (unpaired) electrons. The number of halogens is 1. The summed E-state index contributed by atoms with van der Waals surface area (Å²) >= 11 is 0. The lowest BCUT2D eigenvalue weighted by Gasteiger charge is -2.37. The van der Waals surface area contributed by atoms with Gasteiger partial charge in [-0.15, -0.1) is 0 Å². The summed E-state index contributed by atoms with van der Waals surface area (Å²) in [6.07, 6.45) is 4.56. The van der Waals surface area contributed by atoms with Gasteiger partial charge in [0.05, 0.1) is 33.2 Å². The Morgan fingerprint density at radius 3 is 2.52 bits per heavy atom. The number of anilines is 1. The Balaban J connectivity index is 0.00000220. The lowest BCUT2D eigenvalue weighted by atomic mass is 10.1. The first-order valence-electron chi connectivity index (χ1n) is 7.63. The van der Waals surface area contributed by atoms with Crippen LogP contribution in [0.15, 0.2) is 18.2 Å². The highest BCUT2D eigenvalue weighted by atomic mass is 35.5. The van der Waals surface area contributed by atoms with E-state index < -0.39 is 0 Å². The quantitative estimate of drug-likeness (QED) is 0.589. The van der Waals surface area contributed by atoms with Crippen molar-refractivity contribution in [1.29, 1.82) is 0 Å². The van der Waals surface area contributed by atoms with E-state index in [-0.39, 0.29) is 24.8 Å². The fourth-order valence-corrected chi connectivity index (χ4v) is 2.98. The van der Waals surface area contributed by atoms with Crippen LogP contribution in [0.4, 0.5) is 5.69 Å². The minimum Gasteiger partial charge on any atom is -1.00 e. The molecule has 1 heterocycles. The Labute approximate surface area is 133 Å². The first-order chi connectivity index (χ1) is 9.63. The Kier molecular flexibility index (Phi) is 7.29. The molecule has 120 valence electrons. The molecule has 1 aromatic carbocycles. The zero-order valence-electron chi connectivity index (χ0n) is 12.8. The van der Waals surface area contributed by atoms with Crippen LogP contribution >= 0.6 is 0 Å². The van der Waals surface area contributed by atoms with Gasteiger partial charge in [0.2, 0.25) is 0 Å². The van der Waals surface area contributed by atoms with Gasteiger partial charge in [-0.1, -0.05) is 6.07 Å². The van der Waals surface area contributed by atoms with Gasteiger partial charge in [0.1, 0.15) is 5.75 Å². The summed E-state index contributed by atoms with van der Waals surface area (Å²) in [5.74, 6) is 0.266. The monoisotopic (exact) mass is 314 g/mol. The number of likely N-dealkylation sites (N-methyl/N-ethyl adjacent to an activating group) is 1.